The summed E-state index contributed by atoms with van der Waals surface area (Å²) < 4.78 is 73.9. The lowest BCUT2D eigenvalue weighted by Gasteiger charge is -2.37. The van der Waals surface area contributed by atoms with Gasteiger partial charge in [-0.3, -0.25) is 14.6 Å². The molecule has 2 aliphatic heterocycles. The highest BCUT2D eigenvalue weighted by molar-refractivity contribution is 7.91. The van der Waals surface area contributed by atoms with Crippen LogP contribution in [0.3, 0.4) is 0 Å². The molecule has 3 aliphatic rings. The zero-order valence-electron chi connectivity index (χ0n) is 25.7. The summed E-state index contributed by atoms with van der Waals surface area (Å²) in [6.07, 6.45) is -3.37. The lowest BCUT2D eigenvalue weighted by atomic mass is 9.85. The summed E-state index contributed by atoms with van der Waals surface area (Å²) >= 11 is 12.6. The number of hydrogen-bond donors (Lipinski definition) is 1. The fourth-order valence-electron chi connectivity index (χ4n) is 5.58. The van der Waals surface area contributed by atoms with E-state index in [2.05, 4.69) is 10.3 Å². The molecule has 1 aliphatic carbocycles. The first-order chi connectivity index (χ1) is 21.3. The molecular formula is C30H35Cl2F3N4O6S. The molecule has 1 saturated heterocycles. The predicted octanol–water partition coefficient (Wildman–Crippen LogP) is 5.88. The van der Waals surface area contributed by atoms with Crippen LogP contribution in [0.5, 0.6) is 0 Å². The van der Waals surface area contributed by atoms with E-state index in [-0.39, 0.29) is 51.5 Å². The Hall–Kier alpha value is -2.94. The minimum Gasteiger partial charge on any atom is -0.444 e. The van der Waals surface area contributed by atoms with E-state index in [9.17, 15) is 36.0 Å². The maximum absolute atomic E-state index is 14.5. The van der Waals surface area contributed by atoms with Crippen LogP contribution in [-0.4, -0.2) is 85.7 Å². The number of amides is 4. The Labute approximate surface area is 275 Å². The third-order valence-electron chi connectivity index (χ3n) is 7.71. The molecule has 0 saturated carbocycles. The van der Waals surface area contributed by atoms with Gasteiger partial charge in [-0.05, 0) is 75.4 Å². The molecule has 16 heteroatoms. The summed E-state index contributed by atoms with van der Waals surface area (Å²) in [5.41, 5.74) is -2.39. The third-order valence-corrected chi connectivity index (χ3v) is 10.2. The van der Waals surface area contributed by atoms with E-state index >= 15 is 0 Å². The third kappa shape index (κ3) is 8.31. The molecule has 0 aromatic heterocycles. The number of rotatable bonds is 8. The van der Waals surface area contributed by atoms with Gasteiger partial charge in [-0.15, -0.1) is 0 Å². The lowest BCUT2D eigenvalue weighted by Crippen LogP contribution is -2.48. The van der Waals surface area contributed by atoms with E-state index in [1.807, 2.05) is 0 Å². The van der Waals surface area contributed by atoms with E-state index in [4.69, 9.17) is 27.9 Å². The number of allylic oxidation sites excluding steroid dienone is 1. The van der Waals surface area contributed by atoms with Crippen LogP contribution >= 0.6 is 23.2 Å². The molecule has 2 atom stereocenters. The number of ether oxygens (including phenoxy) is 1. The Balaban J connectivity index is 1.59. The molecule has 4 amide bonds. The predicted molar refractivity (Wildman–Crippen MR) is 166 cm³/mol. The first-order valence-electron chi connectivity index (χ1n) is 14.6. The number of benzene rings is 1. The molecule has 0 bridgehead atoms. The summed E-state index contributed by atoms with van der Waals surface area (Å²) in [7, 11) is -3.80. The number of alkyl halides is 3. The number of nitrogens with zero attached hydrogens (tertiary/aromatic N) is 3. The molecule has 1 unspecified atom stereocenters. The second-order valence-corrected chi connectivity index (χ2v) is 15.4. The van der Waals surface area contributed by atoms with Crippen LogP contribution in [-0.2, 0) is 25.9 Å². The Kier molecular flexibility index (Phi) is 10.7. The van der Waals surface area contributed by atoms with Crippen molar-refractivity contribution in [2.45, 2.75) is 63.8 Å². The maximum Gasteiger partial charge on any atom is 0.416 e. The molecule has 252 valence electrons. The van der Waals surface area contributed by atoms with E-state index in [1.54, 1.807) is 25.7 Å². The van der Waals surface area contributed by atoms with E-state index < -0.39 is 62.7 Å². The molecule has 10 nitrogen and oxygen atoms in total. The lowest BCUT2D eigenvalue weighted by molar-refractivity contribution is -0.130. The second-order valence-electron chi connectivity index (χ2n) is 12.3. The monoisotopic (exact) mass is 706 g/mol. The summed E-state index contributed by atoms with van der Waals surface area (Å²) in [4.78, 5) is 44.9. The molecule has 0 spiro atoms. The molecule has 46 heavy (non-hydrogen) atoms. The Morgan fingerprint density at radius 2 is 1.85 bits per heavy atom. The first kappa shape index (κ1) is 35.9. The van der Waals surface area contributed by atoms with Gasteiger partial charge in [0, 0.05) is 24.7 Å². The molecule has 0 radical (unpaired) electrons. The van der Waals surface area contributed by atoms with Crippen LogP contribution in [0.1, 0.15) is 46.1 Å². The van der Waals surface area contributed by atoms with Crippen molar-refractivity contribution in [2.24, 2.45) is 16.8 Å². The van der Waals surface area contributed by atoms with Gasteiger partial charge in [-0.2, -0.15) is 18.2 Å². The quantitative estimate of drug-likeness (QED) is 0.358. The highest BCUT2D eigenvalue weighted by Crippen LogP contribution is 2.42. The second kappa shape index (κ2) is 13.7. The van der Waals surface area contributed by atoms with Crippen LogP contribution in [0.15, 0.2) is 50.3 Å². The summed E-state index contributed by atoms with van der Waals surface area (Å²) in [5, 5.41) is 2.40. The number of carbonyl (C=O) groups is 3. The number of nitrogens with one attached hydrogen (secondary N) is 1. The Morgan fingerprint density at radius 3 is 2.48 bits per heavy atom. The van der Waals surface area contributed by atoms with Crippen molar-refractivity contribution in [1.29, 1.82) is 0 Å². The number of fused-ring (bicyclic) bond motifs is 1. The summed E-state index contributed by atoms with van der Waals surface area (Å²) in [6, 6.07) is 2.78. The van der Waals surface area contributed by atoms with Crippen molar-refractivity contribution in [3.63, 3.8) is 0 Å². The number of hydrogen-bond acceptors (Lipinski definition) is 7. The number of aliphatic imine (C=N–C) groups is 1. The fourth-order valence-corrected chi connectivity index (χ4v) is 7.21. The van der Waals surface area contributed by atoms with Crippen LogP contribution in [0.25, 0.3) is 0 Å². The van der Waals surface area contributed by atoms with Crippen LogP contribution < -0.4 is 5.32 Å². The van der Waals surface area contributed by atoms with E-state index in [0.717, 1.165) is 12.5 Å². The molecule has 1 N–H and O–H groups in total. The number of imide groups is 1. The van der Waals surface area contributed by atoms with Crippen molar-refractivity contribution in [3.8, 4) is 0 Å². The van der Waals surface area contributed by atoms with Crippen molar-refractivity contribution in [1.82, 2.24) is 15.1 Å². The van der Waals surface area contributed by atoms with Crippen molar-refractivity contribution in [2.75, 3.05) is 31.9 Å². The van der Waals surface area contributed by atoms with Crippen molar-refractivity contribution < 1.29 is 40.7 Å². The Morgan fingerprint density at radius 1 is 1.15 bits per heavy atom. The molecule has 4 rings (SSSR count). The number of piperidine rings is 1. The van der Waals surface area contributed by atoms with Crippen molar-refractivity contribution in [3.05, 3.63) is 51.0 Å². The summed E-state index contributed by atoms with van der Waals surface area (Å²) in [6.45, 7) is 6.91. The molecule has 1 fully saturated rings. The average Bonchev–Trinajstić information content (AvgIpc) is 2.94. The highest BCUT2D eigenvalue weighted by atomic mass is 35.5. The van der Waals surface area contributed by atoms with Gasteiger partial charge in [0.1, 0.15) is 11.5 Å². The van der Waals surface area contributed by atoms with Gasteiger partial charge < -0.3 is 10.1 Å². The van der Waals surface area contributed by atoms with Gasteiger partial charge >= 0.3 is 18.3 Å². The number of urea groups is 1. The first-order valence-corrected chi connectivity index (χ1v) is 17.0. The number of likely N-dealkylation sites (tertiary alicyclic amines) is 1. The highest BCUT2D eigenvalue weighted by Gasteiger charge is 2.47. The number of carbonyl (C=O) groups excluding carboxylic acids is 3. The van der Waals surface area contributed by atoms with E-state index in [0.29, 0.717) is 24.4 Å². The smallest absolute Gasteiger partial charge is 0.416 e. The maximum atomic E-state index is 14.5. The number of alkyl carbamates (subject to hydrolysis) is 1. The largest absolute Gasteiger partial charge is 0.444 e. The topological polar surface area (TPSA) is 125 Å². The average molecular weight is 708 g/mol. The van der Waals surface area contributed by atoms with E-state index in [1.165, 1.54) is 25.1 Å². The SMILES string of the molecule is CCS(=O)(=O)c1ccc(Cl)cc1CN1C(=O)N=C2C(Cl)=C(CN3CCC[C@@H](CNC(=O)OC(C)(C)C)C3)C(C(F)(F)F)=CC2C1=O. The number of sulfone groups is 1. The van der Waals surface area contributed by atoms with Crippen LogP contribution in [0.2, 0.25) is 5.02 Å². The van der Waals surface area contributed by atoms with Crippen LogP contribution in [0, 0.1) is 11.8 Å². The molecular weight excluding hydrogens is 672 g/mol. The van der Waals surface area contributed by atoms with Gasteiger partial charge in [-0.25, -0.2) is 18.0 Å². The van der Waals surface area contributed by atoms with Gasteiger partial charge in [0.05, 0.1) is 33.5 Å². The minimum absolute atomic E-state index is 0.0219. The van der Waals surface area contributed by atoms with Gasteiger partial charge in [-0.1, -0.05) is 36.2 Å². The minimum atomic E-state index is -4.89. The summed E-state index contributed by atoms with van der Waals surface area (Å²) in [5.74, 6) is -2.98. The normalized spacial score (nSPS) is 21.5. The Bertz CT molecular complexity index is 1620. The van der Waals surface area contributed by atoms with Gasteiger partial charge in [0.25, 0.3) is 0 Å². The standard InChI is InChI=1S/C30H35Cl2F3N4O6S/c1-5-46(43,44)23-9-8-19(31)11-18(23)15-39-26(40)20-12-22(30(33,34)35)21(24(32)25(20)37-27(39)41)16-38-10-6-7-17(14-38)13-36-28(42)45-29(2,3)4/h8-9,11-12,17,20H,5-7,10,13-16H2,1-4H3,(H,36,42)/t17-,20?/m0/s1. The molecule has 1 aromatic carbocycles. The zero-order valence-corrected chi connectivity index (χ0v) is 28.0. The fraction of sp³-hybridized carbons (Fsp3) is 0.533. The van der Waals surface area contributed by atoms with Gasteiger partial charge in [0.15, 0.2) is 9.84 Å². The van der Waals surface area contributed by atoms with Crippen molar-refractivity contribution >= 4 is 56.8 Å². The molecule has 1 aromatic rings. The molecule has 2 heterocycles. The zero-order chi connectivity index (χ0) is 34.2. The van der Waals surface area contributed by atoms with Gasteiger partial charge in [0.2, 0.25) is 5.91 Å². The van der Waals surface area contributed by atoms with Crippen LogP contribution in [0.4, 0.5) is 22.8 Å². The number of halogens is 5.